The van der Waals surface area contributed by atoms with E-state index in [2.05, 4.69) is 172 Å². The van der Waals surface area contributed by atoms with Gasteiger partial charge in [0, 0.05) is 60.9 Å². The molecule has 11 rings (SSSR count). The van der Waals surface area contributed by atoms with E-state index in [1.807, 2.05) is 0 Å². The summed E-state index contributed by atoms with van der Waals surface area (Å²) >= 11 is 0. The summed E-state index contributed by atoms with van der Waals surface area (Å²) in [5, 5.41) is 5.22. The van der Waals surface area contributed by atoms with E-state index in [0.717, 1.165) is 17.1 Å². The van der Waals surface area contributed by atoms with E-state index >= 15 is 0 Å². The molecule has 0 unspecified atom stereocenters. The van der Waals surface area contributed by atoms with Gasteiger partial charge in [-0.3, -0.25) is 0 Å². The molecule has 0 saturated carbocycles. The second-order valence-electron chi connectivity index (χ2n) is 12.5. The Bertz CT molecular complexity index is 2660. The van der Waals surface area contributed by atoms with Gasteiger partial charge in [-0.05, 0) is 65.0 Å². The van der Waals surface area contributed by atoms with Crippen LogP contribution in [-0.2, 0) is 0 Å². The zero-order chi connectivity index (χ0) is 29.9. The first kappa shape index (κ1) is 24.3. The highest BCUT2D eigenvalue weighted by molar-refractivity contribution is 6.90. The van der Waals surface area contributed by atoms with E-state index in [-0.39, 0.29) is 6.85 Å². The third-order valence-electron chi connectivity index (χ3n) is 10.2. The average molecular weight is 584 g/mol. The van der Waals surface area contributed by atoms with Gasteiger partial charge >= 0.3 is 6.85 Å². The average Bonchev–Trinajstić information content (AvgIpc) is 3.64. The predicted molar refractivity (Wildman–Crippen MR) is 194 cm³/mol. The van der Waals surface area contributed by atoms with Crippen molar-refractivity contribution in [1.29, 1.82) is 0 Å². The van der Waals surface area contributed by atoms with Gasteiger partial charge in [0.05, 0.1) is 11.0 Å². The molecule has 0 fully saturated rings. The molecule has 0 radical (unpaired) electrons. The van der Waals surface area contributed by atoms with Crippen molar-refractivity contribution < 1.29 is 0 Å². The molecule has 2 aromatic heterocycles. The van der Waals surface area contributed by atoms with Crippen molar-refractivity contribution in [3.05, 3.63) is 158 Å². The summed E-state index contributed by atoms with van der Waals surface area (Å²) in [6, 6.07) is 58.0. The molecule has 0 saturated heterocycles. The van der Waals surface area contributed by atoms with Gasteiger partial charge < -0.3 is 13.9 Å². The fraction of sp³-hybridized carbons (Fsp3) is 0. The van der Waals surface area contributed by atoms with Crippen LogP contribution in [0.25, 0.3) is 60.4 Å². The maximum Gasteiger partial charge on any atom is 0.333 e. The largest absolute Gasteiger partial charge is 0.375 e. The zero-order valence-electron chi connectivity index (χ0n) is 24.9. The number of nitrogens with zero attached hydrogens (tertiary/aromatic N) is 3. The first-order valence-corrected chi connectivity index (χ1v) is 16.0. The molecule has 4 heterocycles. The van der Waals surface area contributed by atoms with Crippen molar-refractivity contribution in [3.63, 3.8) is 0 Å². The van der Waals surface area contributed by atoms with Crippen molar-refractivity contribution in [3.8, 4) is 16.8 Å². The molecule has 0 N–H and O–H groups in total. The lowest BCUT2D eigenvalue weighted by molar-refractivity contribution is 1.16. The zero-order valence-corrected chi connectivity index (χ0v) is 24.9. The third-order valence-corrected chi connectivity index (χ3v) is 10.2. The Balaban J connectivity index is 1.36. The van der Waals surface area contributed by atoms with Crippen LogP contribution in [-0.4, -0.2) is 15.9 Å². The molecule has 2 aliphatic rings. The molecule has 9 aromatic rings. The van der Waals surface area contributed by atoms with E-state index in [9.17, 15) is 0 Å². The van der Waals surface area contributed by atoms with Crippen LogP contribution in [0.5, 0.6) is 0 Å². The van der Waals surface area contributed by atoms with E-state index < -0.39 is 0 Å². The molecule has 4 heteroatoms. The summed E-state index contributed by atoms with van der Waals surface area (Å²) in [6.45, 7) is 0.0544. The number of rotatable bonds is 3. The first-order chi connectivity index (χ1) is 22.9. The molecule has 0 atom stereocenters. The standard InChI is InChI=1S/C42H26BN3/c1-3-13-27(14-4-1)44(28-15-5-2-6-16-28)29-25-35-34-20-11-19-32-31-18-8-10-24-38(31)46(41(32)34)43-36-22-12-21-33-30-17-7-9-23-37(30)45(42(33)36)39(26-29)40(35)43/h1-26H. The summed E-state index contributed by atoms with van der Waals surface area (Å²) < 4.78 is 5.18. The van der Waals surface area contributed by atoms with Crippen molar-refractivity contribution in [2.24, 2.45) is 0 Å². The lowest BCUT2D eigenvalue weighted by atomic mass is 9.45. The minimum Gasteiger partial charge on any atom is -0.375 e. The van der Waals surface area contributed by atoms with Crippen LogP contribution in [0.1, 0.15) is 0 Å². The Hall–Kier alpha value is -6.00. The highest BCUT2D eigenvalue weighted by atomic mass is 15.1. The maximum absolute atomic E-state index is 2.63. The number of fused-ring (bicyclic) bond motifs is 10. The van der Waals surface area contributed by atoms with E-state index in [4.69, 9.17) is 0 Å². The molecular weight excluding hydrogens is 557 g/mol. The maximum atomic E-state index is 2.63. The monoisotopic (exact) mass is 583 g/mol. The van der Waals surface area contributed by atoms with E-state index in [1.54, 1.807) is 0 Å². The summed E-state index contributed by atoms with van der Waals surface area (Å²) in [7, 11) is 0. The first-order valence-electron chi connectivity index (χ1n) is 16.0. The number of hydrogen-bond donors (Lipinski definition) is 0. The lowest BCUT2D eigenvalue weighted by Gasteiger charge is -2.36. The van der Waals surface area contributed by atoms with Gasteiger partial charge in [0.15, 0.2) is 0 Å². The van der Waals surface area contributed by atoms with Crippen LogP contribution in [0, 0.1) is 0 Å². The SMILES string of the molecule is c1ccc(N(c2ccccc2)c2cc3c4c(c2)-n2c5ccccc5c5cccc(c52)B4n2c4ccccc4c4cccc-3c42)cc1. The minimum absolute atomic E-state index is 0.0544. The predicted octanol–water partition coefficient (Wildman–Crippen LogP) is 9.31. The fourth-order valence-electron chi connectivity index (χ4n) is 8.53. The molecule has 46 heavy (non-hydrogen) atoms. The highest BCUT2D eigenvalue weighted by Gasteiger charge is 2.41. The lowest BCUT2D eigenvalue weighted by Crippen LogP contribution is -2.55. The number of benzene rings is 7. The van der Waals surface area contributed by atoms with Crippen LogP contribution in [0.3, 0.4) is 0 Å². The molecule has 212 valence electrons. The molecule has 3 nitrogen and oxygen atoms in total. The molecule has 2 aliphatic heterocycles. The van der Waals surface area contributed by atoms with Crippen LogP contribution in [0.2, 0.25) is 0 Å². The molecule has 0 spiro atoms. The number of aromatic nitrogens is 2. The Morgan fingerprint density at radius 3 is 1.76 bits per heavy atom. The Kier molecular flexibility index (Phi) is 4.66. The minimum atomic E-state index is 0.0544. The van der Waals surface area contributed by atoms with Crippen LogP contribution >= 0.6 is 0 Å². The smallest absolute Gasteiger partial charge is 0.333 e. The van der Waals surface area contributed by atoms with Crippen LogP contribution in [0.15, 0.2) is 158 Å². The number of para-hydroxylation sites is 6. The summed E-state index contributed by atoms with van der Waals surface area (Å²) in [5.41, 5.74) is 15.1. The van der Waals surface area contributed by atoms with Crippen molar-refractivity contribution >= 4 is 78.4 Å². The normalized spacial score (nSPS) is 12.7. The third kappa shape index (κ3) is 2.99. The summed E-state index contributed by atoms with van der Waals surface area (Å²) in [6.07, 6.45) is 0. The van der Waals surface area contributed by atoms with Crippen LogP contribution in [0.4, 0.5) is 17.1 Å². The van der Waals surface area contributed by atoms with Crippen LogP contribution < -0.4 is 15.8 Å². The van der Waals surface area contributed by atoms with Gasteiger partial charge in [0.2, 0.25) is 0 Å². The highest BCUT2D eigenvalue weighted by Crippen LogP contribution is 2.45. The number of hydrogen-bond acceptors (Lipinski definition) is 1. The Morgan fingerprint density at radius 1 is 0.435 bits per heavy atom. The molecule has 0 bridgehead atoms. The van der Waals surface area contributed by atoms with Crippen molar-refractivity contribution in [1.82, 2.24) is 9.05 Å². The second kappa shape index (κ2) is 8.80. The fourth-order valence-corrected chi connectivity index (χ4v) is 8.53. The Morgan fingerprint density at radius 2 is 1.02 bits per heavy atom. The summed E-state index contributed by atoms with van der Waals surface area (Å²) in [5.74, 6) is 0. The van der Waals surface area contributed by atoms with Gasteiger partial charge in [-0.15, -0.1) is 0 Å². The van der Waals surface area contributed by atoms with Crippen molar-refractivity contribution in [2.45, 2.75) is 0 Å². The van der Waals surface area contributed by atoms with Gasteiger partial charge in [-0.2, -0.15) is 0 Å². The van der Waals surface area contributed by atoms with Gasteiger partial charge in [-0.25, -0.2) is 0 Å². The molecular formula is C42H26BN3. The summed E-state index contributed by atoms with van der Waals surface area (Å²) in [4.78, 5) is 2.40. The van der Waals surface area contributed by atoms with E-state index in [1.165, 1.54) is 71.4 Å². The van der Waals surface area contributed by atoms with Gasteiger partial charge in [0.1, 0.15) is 0 Å². The number of anilines is 3. The molecule has 7 aromatic carbocycles. The van der Waals surface area contributed by atoms with Crippen molar-refractivity contribution in [2.75, 3.05) is 4.90 Å². The quantitative estimate of drug-likeness (QED) is 0.189. The molecule has 0 amide bonds. The van der Waals surface area contributed by atoms with Gasteiger partial charge in [-0.1, -0.05) is 109 Å². The van der Waals surface area contributed by atoms with E-state index in [0.29, 0.717) is 0 Å². The Labute approximate surface area is 266 Å². The van der Waals surface area contributed by atoms with Gasteiger partial charge in [0.25, 0.3) is 0 Å². The second-order valence-corrected chi connectivity index (χ2v) is 12.5. The topological polar surface area (TPSA) is 13.1 Å². The molecule has 0 aliphatic carbocycles.